The molecule has 3 rings (SSSR count). The fraction of sp³-hybridized carbons (Fsp3) is 0.364. The smallest absolute Gasteiger partial charge is 0.251 e. The first-order chi connectivity index (χ1) is 14.0. The summed E-state index contributed by atoms with van der Waals surface area (Å²) in [5.41, 5.74) is 2.69. The van der Waals surface area contributed by atoms with Crippen LogP contribution in [0.2, 0.25) is 10.0 Å². The highest BCUT2D eigenvalue weighted by Gasteiger charge is 2.13. The summed E-state index contributed by atoms with van der Waals surface area (Å²) in [6.07, 6.45) is 3.80. The van der Waals surface area contributed by atoms with Crippen molar-refractivity contribution in [3.05, 3.63) is 69.2 Å². The maximum Gasteiger partial charge on any atom is 0.251 e. The third-order valence-electron chi connectivity index (χ3n) is 5.03. The minimum Gasteiger partial charge on any atom is -0.350 e. The molecule has 2 aromatic carbocycles. The van der Waals surface area contributed by atoms with E-state index in [0.29, 0.717) is 22.2 Å². The first-order valence-corrected chi connectivity index (χ1v) is 10.6. The van der Waals surface area contributed by atoms with E-state index in [2.05, 4.69) is 21.6 Å². The summed E-state index contributed by atoms with van der Waals surface area (Å²) >= 11 is 11.8. The average Bonchev–Trinajstić information content (AvgIpc) is 2.74. The Hall–Kier alpha value is -2.08. The normalized spacial score (nSPS) is 14.4. The lowest BCUT2D eigenvalue weighted by molar-refractivity contribution is -0.120. The maximum absolute atomic E-state index is 12.2. The van der Waals surface area contributed by atoms with Crippen molar-refractivity contribution in [2.75, 3.05) is 19.6 Å². The van der Waals surface area contributed by atoms with Crippen molar-refractivity contribution in [1.82, 2.24) is 15.5 Å². The Morgan fingerprint density at radius 3 is 2.34 bits per heavy atom. The van der Waals surface area contributed by atoms with E-state index >= 15 is 0 Å². The molecule has 0 aromatic heterocycles. The predicted molar refractivity (Wildman–Crippen MR) is 116 cm³/mol. The SMILES string of the molecule is O=C(CNC(=O)c1ccc(Cl)c(Cl)c1)NCc1ccccc1CN1CCCCC1. The van der Waals surface area contributed by atoms with Crippen LogP contribution in [-0.4, -0.2) is 36.3 Å². The zero-order valence-corrected chi connectivity index (χ0v) is 17.7. The molecule has 1 heterocycles. The van der Waals surface area contributed by atoms with Gasteiger partial charge >= 0.3 is 0 Å². The molecule has 0 aliphatic carbocycles. The summed E-state index contributed by atoms with van der Waals surface area (Å²) in [6, 6.07) is 12.8. The third-order valence-corrected chi connectivity index (χ3v) is 5.77. The van der Waals surface area contributed by atoms with Crippen LogP contribution in [0.15, 0.2) is 42.5 Å². The second-order valence-corrected chi connectivity index (χ2v) is 8.01. The first-order valence-electron chi connectivity index (χ1n) is 9.82. The van der Waals surface area contributed by atoms with Gasteiger partial charge in [-0.3, -0.25) is 14.5 Å². The standard InChI is InChI=1S/C22H25Cl2N3O2/c23-19-9-8-16(12-20(19)24)22(29)26-14-21(28)25-13-17-6-2-3-7-18(17)15-27-10-4-1-5-11-27/h2-3,6-9,12H,1,4-5,10-11,13-15H2,(H,25,28)(H,26,29). The topological polar surface area (TPSA) is 61.4 Å². The molecule has 0 bridgehead atoms. The van der Waals surface area contributed by atoms with E-state index in [4.69, 9.17) is 23.2 Å². The summed E-state index contributed by atoms with van der Waals surface area (Å²) < 4.78 is 0. The van der Waals surface area contributed by atoms with E-state index in [1.165, 1.54) is 30.9 Å². The molecule has 154 valence electrons. The highest BCUT2D eigenvalue weighted by molar-refractivity contribution is 6.42. The number of carbonyl (C=O) groups excluding carboxylic acids is 2. The molecule has 0 radical (unpaired) electrons. The number of likely N-dealkylation sites (tertiary alicyclic amines) is 1. The van der Waals surface area contributed by atoms with Crippen LogP contribution in [0, 0.1) is 0 Å². The van der Waals surface area contributed by atoms with Gasteiger partial charge in [0.05, 0.1) is 16.6 Å². The zero-order chi connectivity index (χ0) is 20.6. The van der Waals surface area contributed by atoms with Gasteiger partial charge in [-0.1, -0.05) is 53.9 Å². The Morgan fingerprint density at radius 2 is 1.62 bits per heavy atom. The maximum atomic E-state index is 12.2. The van der Waals surface area contributed by atoms with E-state index < -0.39 is 0 Å². The van der Waals surface area contributed by atoms with Crippen molar-refractivity contribution in [2.45, 2.75) is 32.4 Å². The van der Waals surface area contributed by atoms with E-state index in [1.54, 1.807) is 12.1 Å². The first kappa shape index (κ1) is 21.6. The van der Waals surface area contributed by atoms with Crippen LogP contribution in [0.1, 0.15) is 40.7 Å². The van der Waals surface area contributed by atoms with Gasteiger partial charge in [0.1, 0.15) is 0 Å². The second kappa shape index (κ2) is 10.6. The van der Waals surface area contributed by atoms with Crippen molar-refractivity contribution in [3.8, 4) is 0 Å². The van der Waals surface area contributed by atoms with Gasteiger partial charge < -0.3 is 10.6 Å². The molecular weight excluding hydrogens is 409 g/mol. The van der Waals surface area contributed by atoms with E-state index in [-0.39, 0.29) is 18.4 Å². The van der Waals surface area contributed by atoms with Crippen molar-refractivity contribution in [1.29, 1.82) is 0 Å². The van der Waals surface area contributed by atoms with Crippen LogP contribution in [0.4, 0.5) is 0 Å². The van der Waals surface area contributed by atoms with E-state index in [0.717, 1.165) is 25.2 Å². The molecule has 0 atom stereocenters. The minimum atomic E-state index is -0.371. The number of nitrogens with zero attached hydrogens (tertiary/aromatic N) is 1. The highest BCUT2D eigenvalue weighted by atomic mass is 35.5. The number of piperidine rings is 1. The number of halogens is 2. The predicted octanol–water partition coefficient (Wildman–Crippen LogP) is 4.03. The van der Waals surface area contributed by atoms with Crippen molar-refractivity contribution in [2.24, 2.45) is 0 Å². The Labute approximate surface area is 181 Å². The van der Waals surface area contributed by atoms with Gasteiger partial charge in [-0.25, -0.2) is 0 Å². The molecular formula is C22H25Cl2N3O2. The molecule has 1 aliphatic heterocycles. The minimum absolute atomic E-state index is 0.104. The van der Waals surface area contributed by atoms with Crippen LogP contribution in [-0.2, 0) is 17.9 Å². The molecule has 1 aliphatic rings. The lowest BCUT2D eigenvalue weighted by atomic mass is 10.0. The fourth-order valence-corrected chi connectivity index (χ4v) is 3.70. The van der Waals surface area contributed by atoms with Crippen LogP contribution < -0.4 is 10.6 Å². The van der Waals surface area contributed by atoms with E-state index in [9.17, 15) is 9.59 Å². The third kappa shape index (κ3) is 6.46. The molecule has 2 N–H and O–H groups in total. The van der Waals surface area contributed by atoms with Crippen LogP contribution in [0.3, 0.4) is 0 Å². The molecule has 2 aromatic rings. The summed E-state index contributed by atoms with van der Waals surface area (Å²) in [6.45, 7) is 3.49. The Kier molecular flexibility index (Phi) is 7.92. The number of nitrogens with one attached hydrogen (secondary N) is 2. The van der Waals surface area contributed by atoms with Crippen LogP contribution in [0.25, 0.3) is 0 Å². The largest absolute Gasteiger partial charge is 0.350 e. The van der Waals surface area contributed by atoms with Gasteiger partial charge in [-0.05, 0) is 55.3 Å². The Balaban J connectivity index is 1.49. The lowest BCUT2D eigenvalue weighted by Crippen LogP contribution is -2.37. The molecule has 1 saturated heterocycles. The highest BCUT2D eigenvalue weighted by Crippen LogP contribution is 2.22. The molecule has 29 heavy (non-hydrogen) atoms. The summed E-state index contributed by atoms with van der Waals surface area (Å²) in [5, 5.41) is 6.16. The van der Waals surface area contributed by atoms with Crippen LogP contribution in [0.5, 0.6) is 0 Å². The van der Waals surface area contributed by atoms with Crippen LogP contribution >= 0.6 is 23.2 Å². The number of carbonyl (C=O) groups is 2. The molecule has 5 nitrogen and oxygen atoms in total. The molecule has 7 heteroatoms. The molecule has 2 amide bonds. The Bertz CT molecular complexity index is 867. The van der Waals surface area contributed by atoms with Gasteiger partial charge in [-0.2, -0.15) is 0 Å². The number of hydrogen-bond donors (Lipinski definition) is 2. The number of hydrogen-bond acceptors (Lipinski definition) is 3. The van der Waals surface area contributed by atoms with Gasteiger partial charge in [0.15, 0.2) is 0 Å². The number of amides is 2. The molecule has 0 saturated carbocycles. The summed E-state index contributed by atoms with van der Waals surface area (Å²) in [7, 11) is 0. The van der Waals surface area contributed by atoms with Crippen molar-refractivity contribution >= 4 is 35.0 Å². The number of benzene rings is 2. The fourth-order valence-electron chi connectivity index (χ4n) is 3.40. The molecule has 0 unspecified atom stereocenters. The number of rotatable bonds is 7. The van der Waals surface area contributed by atoms with E-state index in [1.807, 2.05) is 18.2 Å². The van der Waals surface area contributed by atoms with Gasteiger partial charge in [0.25, 0.3) is 5.91 Å². The lowest BCUT2D eigenvalue weighted by Gasteiger charge is -2.27. The second-order valence-electron chi connectivity index (χ2n) is 7.19. The Morgan fingerprint density at radius 1 is 0.897 bits per heavy atom. The van der Waals surface area contributed by atoms with Crippen molar-refractivity contribution in [3.63, 3.8) is 0 Å². The van der Waals surface area contributed by atoms with Gasteiger partial charge in [-0.15, -0.1) is 0 Å². The van der Waals surface area contributed by atoms with Gasteiger partial charge in [0.2, 0.25) is 5.91 Å². The molecule has 1 fully saturated rings. The summed E-state index contributed by atoms with van der Waals surface area (Å²) in [4.78, 5) is 26.8. The van der Waals surface area contributed by atoms with Crippen molar-refractivity contribution < 1.29 is 9.59 Å². The summed E-state index contributed by atoms with van der Waals surface area (Å²) in [5.74, 6) is -0.615. The quantitative estimate of drug-likeness (QED) is 0.692. The monoisotopic (exact) mass is 433 g/mol. The van der Waals surface area contributed by atoms with Gasteiger partial charge in [0, 0.05) is 18.7 Å². The average molecular weight is 434 g/mol. The molecule has 0 spiro atoms. The zero-order valence-electron chi connectivity index (χ0n) is 16.2.